The smallest absolute Gasteiger partial charge is 0.317 e. The molecule has 3 heterocycles. The molecule has 6 nitrogen and oxygen atoms in total. The van der Waals surface area contributed by atoms with Gasteiger partial charge in [0, 0.05) is 30.6 Å². The van der Waals surface area contributed by atoms with Crippen molar-refractivity contribution in [1.82, 2.24) is 20.4 Å². The van der Waals surface area contributed by atoms with E-state index in [2.05, 4.69) is 39.8 Å². The van der Waals surface area contributed by atoms with Crippen molar-refractivity contribution < 1.29 is 9.21 Å². The van der Waals surface area contributed by atoms with E-state index in [0.29, 0.717) is 24.9 Å². The Morgan fingerprint density at radius 3 is 2.97 bits per heavy atom. The van der Waals surface area contributed by atoms with E-state index in [4.69, 9.17) is 4.42 Å². The maximum atomic E-state index is 12.8. The largest absolute Gasteiger partial charge is 0.420 e. The van der Waals surface area contributed by atoms with Crippen LogP contribution in [0.5, 0.6) is 0 Å². The molecule has 0 saturated carbocycles. The molecule has 2 aromatic heterocycles. The number of hydrogen-bond donors (Lipinski definition) is 1. The lowest BCUT2D eigenvalue weighted by atomic mass is 9.98. The third-order valence-electron chi connectivity index (χ3n) is 5.58. The van der Waals surface area contributed by atoms with Gasteiger partial charge in [0.05, 0.1) is 5.92 Å². The van der Waals surface area contributed by atoms with Gasteiger partial charge < -0.3 is 14.6 Å². The predicted molar refractivity (Wildman–Crippen MR) is 117 cm³/mol. The number of nitrogens with zero attached hydrogens (tertiary/aromatic N) is 3. The van der Waals surface area contributed by atoms with Gasteiger partial charge in [-0.25, -0.2) is 4.79 Å². The summed E-state index contributed by atoms with van der Waals surface area (Å²) in [7, 11) is 0. The average molecular weight is 419 g/mol. The summed E-state index contributed by atoms with van der Waals surface area (Å²) in [6.07, 6.45) is 1.86. The second kappa shape index (κ2) is 8.28. The quantitative estimate of drug-likeness (QED) is 0.504. The molecule has 1 aliphatic heterocycles. The van der Waals surface area contributed by atoms with Crippen molar-refractivity contribution in [3.8, 4) is 11.5 Å². The first kappa shape index (κ1) is 18.8. The summed E-state index contributed by atoms with van der Waals surface area (Å²) in [6.45, 7) is 1.83. The van der Waals surface area contributed by atoms with Gasteiger partial charge in [0.25, 0.3) is 0 Å². The fraction of sp³-hybridized carbons (Fsp3) is 0.261. The summed E-state index contributed by atoms with van der Waals surface area (Å²) in [4.78, 5) is 14.7. The Labute approximate surface area is 178 Å². The fourth-order valence-electron chi connectivity index (χ4n) is 3.99. The highest BCUT2D eigenvalue weighted by Gasteiger charge is 2.28. The molecule has 7 heteroatoms. The van der Waals surface area contributed by atoms with Crippen LogP contribution in [0.2, 0.25) is 0 Å². The first-order valence-corrected chi connectivity index (χ1v) is 11.1. The summed E-state index contributed by atoms with van der Waals surface area (Å²) in [5.41, 5.74) is 2.06. The highest BCUT2D eigenvalue weighted by molar-refractivity contribution is 7.08. The van der Waals surface area contributed by atoms with Gasteiger partial charge in [0.1, 0.15) is 0 Å². The van der Waals surface area contributed by atoms with Gasteiger partial charge in [0.15, 0.2) is 0 Å². The lowest BCUT2D eigenvalue weighted by Crippen LogP contribution is -2.44. The molecular weight excluding hydrogens is 396 g/mol. The molecule has 5 rings (SSSR count). The number of likely N-dealkylation sites (tertiary alicyclic amines) is 1. The van der Waals surface area contributed by atoms with Crippen LogP contribution in [-0.4, -0.2) is 34.2 Å². The zero-order valence-corrected chi connectivity index (χ0v) is 17.3. The third kappa shape index (κ3) is 3.80. The summed E-state index contributed by atoms with van der Waals surface area (Å²) < 4.78 is 5.90. The lowest BCUT2D eigenvalue weighted by Gasteiger charge is -2.31. The number of aromatic nitrogens is 2. The van der Waals surface area contributed by atoms with Crippen LogP contribution < -0.4 is 5.32 Å². The number of carbonyl (C=O) groups is 1. The topological polar surface area (TPSA) is 71.3 Å². The molecule has 1 saturated heterocycles. The van der Waals surface area contributed by atoms with E-state index in [1.54, 1.807) is 11.3 Å². The molecule has 1 N–H and O–H groups in total. The van der Waals surface area contributed by atoms with Crippen molar-refractivity contribution in [3.05, 3.63) is 70.7 Å². The summed E-state index contributed by atoms with van der Waals surface area (Å²) in [6, 6.07) is 16.3. The maximum absolute atomic E-state index is 12.8. The van der Waals surface area contributed by atoms with Crippen LogP contribution in [-0.2, 0) is 6.54 Å². The van der Waals surface area contributed by atoms with Crippen LogP contribution >= 0.6 is 11.3 Å². The molecule has 0 bridgehead atoms. The van der Waals surface area contributed by atoms with Crippen LogP contribution in [0.15, 0.2) is 63.7 Å². The van der Waals surface area contributed by atoms with Gasteiger partial charge in [-0.05, 0) is 40.6 Å². The first-order valence-electron chi connectivity index (χ1n) is 10.1. The lowest BCUT2D eigenvalue weighted by molar-refractivity contribution is 0.174. The standard InChI is InChI=1S/C23H22N4O2S/c28-23(24-13-17-7-3-6-16-5-1-2-9-20(16)17)27-11-4-8-18(14-27)21-25-26-22(29-21)19-10-12-30-15-19/h1-3,5-7,9-10,12,15,18H,4,8,11,13-14H2,(H,24,28). The molecule has 4 aromatic rings. The summed E-state index contributed by atoms with van der Waals surface area (Å²) in [5, 5.41) is 17.8. The van der Waals surface area contributed by atoms with Crippen molar-refractivity contribution in [1.29, 1.82) is 0 Å². The van der Waals surface area contributed by atoms with E-state index in [1.807, 2.05) is 39.9 Å². The number of rotatable bonds is 4. The molecular formula is C23H22N4O2S. The Morgan fingerprint density at radius 2 is 2.07 bits per heavy atom. The molecule has 1 atom stereocenters. The number of nitrogens with one attached hydrogen (secondary N) is 1. The molecule has 0 spiro atoms. The van der Waals surface area contributed by atoms with Crippen LogP contribution in [0.4, 0.5) is 4.79 Å². The van der Waals surface area contributed by atoms with Crippen LogP contribution in [0, 0.1) is 0 Å². The van der Waals surface area contributed by atoms with Crippen LogP contribution in [0.25, 0.3) is 22.2 Å². The van der Waals surface area contributed by atoms with Crippen LogP contribution in [0.1, 0.15) is 30.2 Å². The summed E-state index contributed by atoms with van der Waals surface area (Å²) >= 11 is 1.60. The number of carbonyl (C=O) groups excluding carboxylic acids is 1. The normalized spacial score (nSPS) is 16.7. The zero-order chi connectivity index (χ0) is 20.3. The SMILES string of the molecule is O=C(NCc1cccc2ccccc12)N1CCCC(c2nnc(-c3ccsc3)o2)C1. The van der Waals surface area contributed by atoms with E-state index in [1.165, 1.54) is 10.8 Å². The minimum absolute atomic E-state index is 0.0507. The highest BCUT2D eigenvalue weighted by atomic mass is 32.1. The van der Waals surface area contributed by atoms with E-state index < -0.39 is 0 Å². The van der Waals surface area contributed by atoms with Gasteiger partial charge in [-0.1, -0.05) is 42.5 Å². The Bertz CT molecular complexity index is 1150. The molecule has 2 aromatic carbocycles. The van der Waals surface area contributed by atoms with Crippen molar-refractivity contribution in [3.63, 3.8) is 0 Å². The highest BCUT2D eigenvalue weighted by Crippen LogP contribution is 2.29. The monoisotopic (exact) mass is 418 g/mol. The average Bonchev–Trinajstić information content (AvgIpc) is 3.49. The van der Waals surface area contributed by atoms with Gasteiger partial charge in [-0.15, -0.1) is 10.2 Å². The molecule has 1 aliphatic rings. The van der Waals surface area contributed by atoms with E-state index >= 15 is 0 Å². The van der Waals surface area contributed by atoms with E-state index in [-0.39, 0.29) is 11.9 Å². The Hall–Kier alpha value is -3.19. The van der Waals surface area contributed by atoms with Crippen molar-refractivity contribution in [2.24, 2.45) is 0 Å². The predicted octanol–water partition coefficient (Wildman–Crippen LogP) is 5.04. The summed E-state index contributed by atoms with van der Waals surface area (Å²) in [5.74, 6) is 1.23. The van der Waals surface area contributed by atoms with E-state index in [0.717, 1.165) is 30.5 Å². The number of fused-ring (bicyclic) bond motifs is 1. The second-order valence-electron chi connectivity index (χ2n) is 7.54. The van der Waals surface area contributed by atoms with Crippen molar-refractivity contribution in [2.75, 3.05) is 13.1 Å². The molecule has 152 valence electrons. The molecule has 1 unspecified atom stereocenters. The molecule has 1 fully saturated rings. The van der Waals surface area contributed by atoms with Gasteiger partial charge in [-0.2, -0.15) is 11.3 Å². The minimum Gasteiger partial charge on any atom is -0.420 e. The van der Waals surface area contributed by atoms with Crippen LogP contribution in [0.3, 0.4) is 0 Å². The number of hydrogen-bond acceptors (Lipinski definition) is 5. The second-order valence-corrected chi connectivity index (χ2v) is 8.32. The van der Waals surface area contributed by atoms with Gasteiger partial charge in [0.2, 0.25) is 11.8 Å². The molecule has 30 heavy (non-hydrogen) atoms. The maximum Gasteiger partial charge on any atom is 0.317 e. The fourth-order valence-corrected chi connectivity index (χ4v) is 4.62. The third-order valence-corrected chi connectivity index (χ3v) is 6.26. The Balaban J connectivity index is 1.24. The number of piperidine rings is 1. The van der Waals surface area contributed by atoms with Crippen molar-refractivity contribution >= 4 is 28.1 Å². The van der Waals surface area contributed by atoms with Gasteiger partial charge in [-0.3, -0.25) is 0 Å². The number of amides is 2. The van der Waals surface area contributed by atoms with Gasteiger partial charge >= 0.3 is 6.03 Å². The molecule has 0 aliphatic carbocycles. The Morgan fingerprint density at radius 1 is 1.17 bits per heavy atom. The first-order chi connectivity index (χ1) is 14.8. The number of thiophene rings is 1. The van der Waals surface area contributed by atoms with Crippen molar-refractivity contribution in [2.45, 2.75) is 25.3 Å². The van der Waals surface area contributed by atoms with E-state index in [9.17, 15) is 4.79 Å². The number of urea groups is 1. The minimum atomic E-state index is -0.0507. The molecule has 2 amide bonds. The zero-order valence-electron chi connectivity index (χ0n) is 16.5. The Kier molecular flexibility index (Phi) is 5.19. The number of benzene rings is 2. The molecule has 0 radical (unpaired) electrons.